The maximum Gasteiger partial charge on any atom is 0.263 e. The molecule has 1 fully saturated rings. The lowest BCUT2D eigenvalue weighted by Crippen LogP contribution is -2.40. The highest BCUT2D eigenvalue weighted by Crippen LogP contribution is 2.44. The minimum atomic E-state index is -1.51. The van der Waals surface area contributed by atoms with Crippen LogP contribution in [0, 0.1) is 23.7 Å². The van der Waals surface area contributed by atoms with Crippen LogP contribution in [0.4, 0.5) is 5.69 Å². The van der Waals surface area contributed by atoms with E-state index in [2.05, 4.69) is 47.9 Å². The predicted molar refractivity (Wildman–Crippen MR) is 172 cm³/mol. The number of anilines is 1. The zero-order chi connectivity index (χ0) is 29.8. The summed E-state index contributed by atoms with van der Waals surface area (Å²) in [6, 6.07) is 11.7. The lowest BCUT2D eigenvalue weighted by Gasteiger charge is -2.43. The van der Waals surface area contributed by atoms with Gasteiger partial charge >= 0.3 is 0 Å². The number of aliphatic hydroxyl groups is 1. The summed E-state index contributed by atoms with van der Waals surface area (Å²) in [5, 5.41) is 10.4. The molecule has 0 saturated heterocycles. The average Bonchev–Trinajstić information content (AvgIpc) is 2.96. The smallest absolute Gasteiger partial charge is 0.263 e. The molecule has 2 aromatic carbocycles. The third-order valence-corrected chi connectivity index (χ3v) is 11.6. The van der Waals surface area contributed by atoms with Crippen LogP contribution in [0.1, 0.15) is 79.8 Å². The van der Waals surface area contributed by atoms with E-state index < -0.39 is 11.0 Å². The third-order valence-electron chi connectivity index (χ3n) is 9.84. The van der Waals surface area contributed by atoms with Crippen molar-refractivity contribution in [3.05, 3.63) is 70.3 Å². The van der Waals surface area contributed by atoms with Gasteiger partial charge < -0.3 is 14.7 Å². The number of hydrogen-bond acceptors (Lipinski definition) is 5. The first-order chi connectivity index (χ1) is 20.2. The van der Waals surface area contributed by atoms with E-state index in [0.717, 1.165) is 68.0 Å². The molecule has 6 nitrogen and oxygen atoms in total. The molecule has 1 saturated carbocycles. The maximum atomic E-state index is 13.3. The monoisotopic (exact) mass is 612 g/mol. The molecular weight excluding hydrogens is 568 g/mol. The number of fused-ring (bicyclic) bond motifs is 4. The van der Waals surface area contributed by atoms with Gasteiger partial charge in [-0.05, 0) is 117 Å². The minimum Gasteiger partial charge on any atom is -0.491 e. The second kappa shape index (κ2) is 14.0. The van der Waals surface area contributed by atoms with Crippen molar-refractivity contribution in [1.82, 2.24) is 4.72 Å². The van der Waals surface area contributed by atoms with E-state index in [4.69, 9.17) is 16.3 Å². The molecule has 1 heterocycles. The molecule has 1 aliphatic heterocycles. The quantitative estimate of drug-likeness (QED) is 0.368. The van der Waals surface area contributed by atoms with Gasteiger partial charge in [-0.1, -0.05) is 36.7 Å². The number of nitrogens with zero attached hydrogens (tertiary/aromatic N) is 1. The Balaban J connectivity index is 1.42. The zero-order valence-corrected chi connectivity index (χ0v) is 26.6. The van der Waals surface area contributed by atoms with E-state index in [1.165, 1.54) is 11.1 Å². The summed E-state index contributed by atoms with van der Waals surface area (Å²) in [6.45, 7) is 5.57. The summed E-state index contributed by atoms with van der Waals surface area (Å²) >= 11 is 6.27. The highest BCUT2D eigenvalue weighted by Gasteiger charge is 2.37. The molecule has 2 bridgehead atoms. The number of aliphatic hydroxyl groups excluding tert-OH is 1. The molecule has 42 heavy (non-hydrogen) atoms. The Morgan fingerprint density at radius 3 is 2.74 bits per heavy atom. The second-order valence-corrected chi connectivity index (χ2v) is 14.5. The van der Waals surface area contributed by atoms with Gasteiger partial charge in [-0.3, -0.25) is 9.52 Å². The van der Waals surface area contributed by atoms with Crippen LogP contribution in [0.3, 0.4) is 0 Å². The predicted octanol–water partition coefficient (Wildman–Crippen LogP) is 6.68. The molecular formula is C34H45ClN2O4S. The number of aryl methyl sites for hydroxylation is 1. The molecule has 0 radical (unpaired) electrons. The molecule has 2 aliphatic carbocycles. The Bertz CT molecular complexity index is 1320. The largest absolute Gasteiger partial charge is 0.491 e. The van der Waals surface area contributed by atoms with Crippen LogP contribution in [-0.4, -0.2) is 47.3 Å². The summed E-state index contributed by atoms with van der Waals surface area (Å²) in [5.41, 5.74) is 3.96. The van der Waals surface area contributed by atoms with Gasteiger partial charge in [0.05, 0.1) is 17.5 Å². The number of nitrogens with one attached hydrogen (secondary N) is 1. The van der Waals surface area contributed by atoms with Crippen LogP contribution in [-0.2, 0) is 17.4 Å². The van der Waals surface area contributed by atoms with Gasteiger partial charge in [0.25, 0.3) is 5.91 Å². The van der Waals surface area contributed by atoms with Gasteiger partial charge in [0.2, 0.25) is 0 Å². The maximum absolute atomic E-state index is 13.3. The van der Waals surface area contributed by atoms with E-state index in [0.29, 0.717) is 29.9 Å². The molecule has 5 rings (SSSR count). The van der Waals surface area contributed by atoms with Crippen LogP contribution < -0.4 is 14.4 Å². The average molecular weight is 613 g/mol. The Labute approximate surface area is 258 Å². The minimum absolute atomic E-state index is 0.140. The fourth-order valence-corrected chi connectivity index (χ4v) is 8.09. The van der Waals surface area contributed by atoms with E-state index in [1.807, 2.05) is 25.1 Å². The Morgan fingerprint density at radius 1 is 1.14 bits per heavy atom. The van der Waals surface area contributed by atoms with Gasteiger partial charge in [0.1, 0.15) is 16.7 Å². The normalized spacial score (nSPS) is 30.8. The third kappa shape index (κ3) is 7.06. The van der Waals surface area contributed by atoms with E-state index in [1.54, 1.807) is 6.07 Å². The number of amides is 1. The van der Waals surface area contributed by atoms with Crippen molar-refractivity contribution in [1.29, 1.82) is 0 Å². The Kier molecular flexibility index (Phi) is 10.3. The first-order valence-corrected chi connectivity index (χ1v) is 17.1. The molecule has 0 spiro atoms. The number of allylic oxidation sites excluding steroid dienone is 2. The summed E-state index contributed by atoms with van der Waals surface area (Å²) in [6.07, 6.45) is 11.5. The molecule has 2 N–H and O–H groups in total. The summed E-state index contributed by atoms with van der Waals surface area (Å²) in [5.74, 6) is 2.16. The number of carbonyl (C=O) groups excluding carboxylic acids is 1. The van der Waals surface area contributed by atoms with Crippen LogP contribution in [0.15, 0.2) is 48.6 Å². The van der Waals surface area contributed by atoms with Crippen LogP contribution in [0.5, 0.6) is 5.75 Å². The lowest BCUT2D eigenvalue weighted by molar-refractivity contribution is 0.0982. The molecule has 7 atom stereocenters. The number of carbonyl (C=O) groups is 1. The van der Waals surface area contributed by atoms with Gasteiger partial charge in [-0.15, -0.1) is 0 Å². The topological polar surface area (TPSA) is 78.9 Å². The van der Waals surface area contributed by atoms with Gasteiger partial charge in [-0.25, -0.2) is 4.21 Å². The van der Waals surface area contributed by atoms with Gasteiger partial charge in [-0.2, -0.15) is 0 Å². The van der Waals surface area contributed by atoms with Crippen LogP contribution in [0.2, 0.25) is 5.02 Å². The molecule has 228 valence electrons. The number of hydrogen-bond donors (Lipinski definition) is 2. The van der Waals surface area contributed by atoms with Crippen molar-refractivity contribution in [3.8, 4) is 5.75 Å². The highest BCUT2D eigenvalue weighted by atomic mass is 35.5. The Hall–Kier alpha value is -2.35. The molecule has 3 aliphatic rings. The first kappa shape index (κ1) is 31.1. The summed E-state index contributed by atoms with van der Waals surface area (Å²) in [7, 11) is 0.556. The second-order valence-electron chi connectivity index (χ2n) is 12.6. The van der Waals surface area contributed by atoms with Crippen molar-refractivity contribution in [3.63, 3.8) is 0 Å². The van der Waals surface area contributed by atoms with E-state index in [9.17, 15) is 14.1 Å². The van der Waals surface area contributed by atoms with Crippen molar-refractivity contribution in [2.75, 3.05) is 31.7 Å². The molecule has 2 aromatic rings. The van der Waals surface area contributed by atoms with Crippen molar-refractivity contribution < 1.29 is 18.8 Å². The van der Waals surface area contributed by atoms with E-state index >= 15 is 0 Å². The summed E-state index contributed by atoms with van der Waals surface area (Å²) < 4.78 is 22.4. The fourth-order valence-electron chi connectivity index (χ4n) is 6.88. The van der Waals surface area contributed by atoms with Crippen LogP contribution in [0.25, 0.3) is 0 Å². The molecule has 1 amide bonds. The number of halogens is 1. The van der Waals surface area contributed by atoms with Crippen molar-refractivity contribution in [2.45, 2.75) is 70.0 Å². The standard InChI is InChI=1S/C34H45ClN2O4S/c1-22-6-4-7-24(16-17-38)30-13-10-27(30)20-37(3)32-19-26(34(39)36-42(40)23(22)2)11-15-33(32)41-21-28-9-5-8-25-18-29(35)12-14-31(25)28/h4,7,11-12,14-15,18-19,22-24,27-28,30,38H,5-6,8-10,13,16-17,20-21H2,1-3H3,(H,36,39)/b7-4+. The fraction of sp³-hybridized carbons (Fsp3) is 0.559. The van der Waals surface area contributed by atoms with Crippen molar-refractivity contribution >= 4 is 34.2 Å². The zero-order valence-electron chi connectivity index (χ0n) is 25.1. The number of ether oxygens (including phenoxy) is 1. The molecule has 0 aromatic heterocycles. The number of rotatable bonds is 5. The van der Waals surface area contributed by atoms with Crippen molar-refractivity contribution in [2.24, 2.45) is 23.7 Å². The first-order valence-electron chi connectivity index (χ1n) is 15.5. The highest BCUT2D eigenvalue weighted by molar-refractivity contribution is 7.84. The van der Waals surface area contributed by atoms with Gasteiger partial charge in [0, 0.05) is 36.7 Å². The molecule has 8 heteroatoms. The Morgan fingerprint density at radius 2 is 1.98 bits per heavy atom. The number of benzene rings is 2. The van der Waals surface area contributed by atoms with Crippen LogP contribution >= 0.6 is 11.6 Å². The summed E-state index contributed by atoms with van der Waals surface area (Å²) in [4.78, 5) is 15.5. The van der Waals surface area contributed by atoms with E-state index in [-0.39, 0.29) is 29.6 Å². The molecule has 7 unspecified atom stereocenters. The van der Waals surface area contributed by atoms with Gasteiger partial charge in [0.15, 0.2) is 0 Å². The lowest BCUT2D eigenvalue weighted by atomic mass is 9.66. The SMILES string of the molecule is CC1C/C=C/C(CCO)C2CCC2CN(C)c2cc(ccc2OCC2CCCc3cc(Cl)ccc32)C(=O)NS(=O)C1C.